The van der Waals surface area contributed by atoms with Crippen molar-refractivity contribution in [2.24, 2.45) is 5.92 Å². The molecule has 0 amide bonds. The van der Waals surface area contributed by atoms with E-state index in [2.05, 4.69) is 40.1 Å². The molecule has 1 saturated heterocycles. The van der Waals surface area contributed by atoms with Crippen molar-refractivity contribution in [2.45, 2.75) is 64.3 Å². The van der Waals surface area contributed by atoms with Gasteiger partial charge in [-0.2, -0.15) is 0 Å². The molecule has 0 radical (unpaired) electrons. The molecule has 2 fully saturated rings. The van der Waals surface area contributed by atoms with Gasteiger partial charge in [0.05, 0.1) is 41.5 Å². The average molecular weight is 469 g/mol. The van der Waals surface area contributed by atoms with E-state index in [1.807, 2.05) is 19.1 Å². The summed E-state index contributed by atoms with van der Waals surface area (Å²) in [6.07, 6.45) is 7.62. The molecule has 8 nitrogen and oxygen atoms in total. The normalized spacial score (nSPS) is 17.8. The summed E-state index contributed by atoms with van der Waals surface area (Å²) in [5.41, 5.74) is 2.73. The third kappa shape index (κ3) is 5.12. The highest BCUT2D eigenvalue weighted by Crippen LogP contribution is 2.46. The van der Waals surface area contributed by atoms with Crippen molar-refractivity contribution < 1.29 is 19.4 Å². The minimum absolute atomic E-state index is 0.338. The van der Waals surface area contributed by atoms with E-state index >= 15 is 0 Å². The first-order chi connectivity index (χ1) is 16.4. The highest BCUT2D eigenvalue weighted by atomic mass is 16.5. The van der Waals surface area contributed by atoms with Gasteiger partial charge in [0.1, 0.15) is 0 Å². The predicted molar refractivity (Wildman–Crippen MR) is 132 cm³/mol. The number of aromatic nitrogens is 2. The maximum atomic E-state index is 12.2. The molecule has 184 valence electrons. The van der Waals surface area contributed by atoms with Crippen LogP contribution >= 0.6 is 0 Å². The van der Waals surface area contributed by atoms with Crippen molar-refractivity contribution >= 4 is 23.0 Å². The van der Waals surface area contributed by atoms with Gasteiger partial charge >= 0.3 is 12.0 Å². The van der Waals surface area contributed by atoms with E-state index in [-0.39, 0.29) is 0 Å². The van der Waals surface area contributed by atoms with Crippen LogP contribution in [0.5, 0.6) is 6.01 Å². The first-order valence-electron chi connectivity index (χ1n) is 12.4. The molecular formula is C26H36N4O4. The van der Waals surface area contributed by atoms with Crippen LogP contribution < -0.4 is 15.0 Å². The largest absolute Gasteiger partial charge is 0.481 e. The average Bonchev–Trinajstić information content (AvgIpc) is 2.79. The van der Waals surface area contributed by atoms with E-state index in [1.54, 1.807) is 12.4 Å². The summed E-state index contributed by atoms with van der Waals surface area (Å²) in [4.78, 5) is 23.2. The van der Waals surface area contributed by atoms with Crippen molar-refractivity contribution in [3.05, 3.63) is 36.2 Å². The molecule has 0 bridgehead atoms. The van der Waals surface area contributed by atoms with Crippen LogP contribution in [0.25, 0.3) is 0 Å². The Bertz CT molecular complexity index is 969. The van der Waals surface area contributed by atoms with E-state index in [1.165, 1.54) is 0 Å². The number of benzene rings is 1. The van der Waals surface area contributed by atoms with Crippen LogP contribution in [0.3, 0.4) is 0 Å². The molecule has 2 aromatic rings. The molecule has 1 aliphatic heterocycles. The molecule has 1 aliphatic carbocycles. The minimum Gasteiger partial charge on any atom is -0.481 e. The van der Waals surface area contributed by atoms with Crippen LogP contribution in [0.15, 0.2) is 30.6 Å². The smallest absolute Gasteiger partial charge is 0.316 e. The number of hydrogen-bond acceptors (Lipinski definition) is 7. The van der Waals surface area contributed by atoms with Gasteiger partial charge in [0.2, 0.25) is 0 Å². The van der Waals surface area contributed by atoms with Gasteiger partial charge in [-0.3, -0.25) is 4.79 Å². The van der Waals surface area contributed by atoms with Gasteiger partial charge in [0.15, 0.2) is 0 Å². The zero-order valence-corrected chi connectivity index (χ0v) is 20.4. The number of anilines is 3. The fraction of sp³-hybridized carbons (Fsp3) is 0.577. The molecule has 1 aromatic carbocycles. The summed E-state index contributed by atoms with van der Waals surface area (Å²) < 4.78 is 11.0. The van der Waals surface area contributed by atoms with Crippen LogP contribution in [-0.2, 0) is 14.9 Å². The first kappa shape index (κ1) is 24.3. The molecule has 8 heteroatoms. The maximum Gasteiger partial charge on any atom is 0.316 e. The van der Waals surface area contributed by atoms with Gasteiger partial charge in [-0.1, -0.05) is 26.3 Å². The van der Waals surface area contributed by atoms with Crippen molar-refractivity contribution in [3.63, 3.8) is 0 Å². The Morgan fingerprint density at radius 1 is 1.26 bits per heavy atom. The Morgan fingerprint density at radius 3 is 2.53 bits per heavy atom. The fourth-order valence-corrected chi connectivity index (χ4v) is 4.91. The second-order valence-electron chi connectivity index (χ2n) is 9.67. The maximum absolute atomic E-state index is 12.2. The molecule has 4 rings (SSSR count). The summed E-state index contributed by atoms with van der Waals surface area (Å²) in [5, 5.41) is 13.5. The van der Waals surface area contributed by atoms with Gasteiger partial charge in [-0.05, 0) is 56.2 Å². The summed E-state index contributed by atoms with van der Waals surface area (Å²) in [5.74, 6) is -0.272. The summed E-state index contributed by atoms with van der Waals surface area (Å²) >= 11 is 0. The Balaban J connectivity index is 1.73. The van der Waals surface area contributed by atoms with Crippen molar-refractivity contribution in [1.82, 2.24) is 9.97 Å². The lowest BCUT2D eigenvalue weighted by atomic mass is 9.64. The molecule has 34 heavy (non-hydrogen) atoms. The van der Waals surface area contributed by atoms with Gasteiger partial charge in [-0.15, -0.1) is 0 Å². The standard InChI is InChI=1S/C26H36N4O4/c1-4-34-25-27-15-20(16-28-25)29-22-14-19(26(24(31)32)10-5-11-26)6-7-23(22)30(17-18(2)3)21-8-12-33-13-9-21/h6-7,14-16,18,21,29H,4-5,8-13,17H2,1-3H3,(H,31,32). The van der Waals surface area contributed by atoms with Crippen molar-refractivity contribution in [3.8, 4) is 6.01 Å². The van der Waals surface area contributed by atoms with E-state index < -0.39 is 11.4 Å². The number of hydrogen-bond donors (Lipinski definition) is 2. The van der Waals surface area contributed by atoms with E-state index in [0.717, 1.165) is 61.6 Å². The SMILES string of the molecule is CCOc1ncc(Nc2cc(C3(C(=O)O)CCC3)ccc2N(CC(C)C)C2CCOCC2)cn1. The quantitative estimate of drug-likeness (QED) is 0.515. The molecule has 0 spiro atoms. The number of ether oxygens (including phenoxy) is 2. The lowest BCUT2D eigenvalue weighted by molar-refractivity contribution is -0.147. The van der Waals surface area contributed by atoms with Crippen molar-refractivity contribution in [1.29, 1.82) is 0 Å². The number of carbonyl (C=O) groups is 1. The summed E-state index contributed by atoms with van der Waals surface area (Å²) in [7, 11) is 0. The van der Waals surface area contributed by atoms with E-state index in [9.17, 15) is 9.90 Å². The van der Waals surface area contributed by atoms with Gasteiger partial charge in [0, 0.05) is 25.8 Å². The van der Waals surface area contributed by atoms with Crippen LogP contribution in [0.4, 0.5) is 17.1 Å². The summed E-state index contributed by atoms with van der Waals surface area (Å²) in [6, 6.07) is 6.83. The van der Waals surface area contributed by atoms with Gasteiger partial charge in [0.25, 0.3) is 0 Å². The second-order valence-corrected chi connectivity index (χ2v) is 9.67. The van der Waals surface area contributed by atoms with E-state index in [4.69, 9.17) is 9.47 Å². The second kappa shape index (κ2) is 10.6. The minimum atomic E-state index is -0.800. The molecule has 1 saturated carbocycles. The van der Waals surface area contributed by atoms with Crippen molar-refractivity contribution in [2.75, 3.05) is 36.6 Å². The molecule has 2 N–H and O–H groups in total. The van der Waals surface area contributed by atoms with Crippen LogP contribution in [0.2, 0.25) is 0 Å². The number of carboxylic acids is 1. The van der Waals surface area contributed by atoms with Crippen LogP contribution in [0.1, 0.15) is 58.4 Å². The molecule has 2 aliphatic rings. The molecule has 2 heterocycles. The monoisotopic (exact) mass is 468 g/mol. The Morgan fingerprint density at radius 2 is 1.97 bits per heavy atom. The number of aliphatic carboxylic acids is 1. The lowest BCUT2D eigenvalue weighted by Gasteiger charge is -2.41. The Labute approximate surface area is 201 Å². The number of carboxylic acid groups (broad SMARTS) is 1. The third-order valence-electron chi connectivity index (χ3n) is 6.85. The number of rotatable bonds is 10. The highest BCUT2D eigenvalue weighted by Gasteiger charge is 2.46. The van der Waals surface area contributed by atoms with Crippen LogP contribution in [0, 0.1) is 5.92 Å². The number of nitrogens with zero attached hydrogens (tertiary/aromatic N) is 3. The molecular weight excluding hydrogens is 432 g/mol. The summed E-state index contributed by atoms with van der Waals surface area (Å²) in [6.45, 7) is 9.27. The predicted octanol–water partition coefficient (Wildman–Crippen LogP) is 4.77. The Hall–Kier alpha value is -2.87. The van der Waals surface area contributed by atoms with E-state index in [0.29, 0.717) is 37.4 Å². The zero-order chi connectivity index (χ0) is 24.1. The molecule has 0 unspecified atom stereocenters. The highest BCUT2D eigenvalue weighted by molar-refractivity contribution is 5.85. The third-order valence-corrected chi connectivity index (χ3v) is 6.85. The Kier molecular flexibility index (Phi) is 7.56. The molecule has 0 atom stereocenters. The number of nitrogens with one attached hydrogen (secondary N) is 1. The van der Waals surface area contributed by atoms with Gasteiger partial charge in [-0.25, -0.2) is 9.97 Å². The van der Waals surface area contributed by atoms with Crippen LogP contribution in [-0.4, -0.2) is 53.5 Å². The zero-order valence-electron chi connectivity index (χ0n) is 20.4. The first-order valence-corrected chi connectivity index (χ1v) is 12.4. The fourth-order valence-electron chi connectivity index (χ4n) is 4.91. The lowest BCUT2D eigenvalue weighted by Crippen LogP contribution is -2.43. The van der Waals surface area contributed by atoms with Gasteiger partial charge < -0.3 is 24.8 Å². The molecule has 1 aromatic heterocycles. The topological polar surface area (TPSA) is 96.8 Å².